The summed E-state index contributed by atoms with van der Waals surface area (Å²) in [7, 11) is 0. The zero-order chi connectivity index (χ0) is 18.3. The van der Waals surface area contributed by atoms with E-state index in [0.29, 0.717) is 5.56 Å². The van der Waals surface area contributed by atoms with Gasteiger partial charge in [-0.2, -0.15) is 0 Å². The molecular weight excluding hydrogens is 336 g/mol. The van der Waals surface area contributed by atoms with Crippen LogP contribution in [0.2, 0.25) is 0 Å². The van der Waals surface area contributed by atoms with Gasteiger partial charge in [-0.25, -0.2) is 0 Å². The Bertz CT molecular complexity index is 738. The van der Waals surface area contributed by atoms with E-state index in [-0.39, 0.29) is 0 Å². The minimum absolute atomic E-state index is 0.571. The zero-order valence-electron chi connectivity index (χ0n) is 14.1. The van der Waals surface area contributed by atoms with Crippen molar-refractivity contribution in [2.24, 2.45) is 0 Å². The van der Waals surface area contributed by atoms with Crippen molar-refractivity contribution in [1.29, 1.82) is 0 Å². The van der Waals surface area contributed by atoms with Crippen molar-refractivity contribution in [1.82, 2.24) is 0 Å². The number of aliphatic hydroxyl groups excluding tert-OH is 3. The first-order chi connectivity index (χ1) is 12.6. The number of hydrogen-bond donors (Lipinski definition) is 4. The van der Waals surface area contributed by atoms with Gasteiger partial charge < -0.3 is 29.9 Å². The van der Waals surface area contributed by atoms with E-state index in [0.717, 1.165) is 5.56 Å². The third-order valence-corrected chi connectivity index (χ3v) is 5.37. The molecule has 1 saturated heterocycles. The molecule has 3 unspecified atom stereocenters. The first-order valence-electron chi connectivity index (χ1n) is 8.67. The Morgan fingerprint density at radius 1 is 0.923 bits per heavy atom. The van der Waals surface area contributed by atoms with E-state index in [1.165, 1.54) is 0 Å². The molecule has 2 aliphatic rings. The van der Waals surface area contributed by atoms with Gasteiger partial charge >= 0.3 is 0 Å². The fourth-order valence-corrected chi connectivity index (χ4v) is 4.10. The van der Waals surface area contributed by atoms with Gasteiger partial charge in [0.25, 0.3) is 0 Å². The molecule has 7 atom stereocenters. The lowest BCUT2D eigenvalue weighted by atomic mass is 9.57. The monoisotopic (exact) mass is 358 g/mol. The Labute approximate surface area is 151 Å². The van der Waals surface area contributed by atoms with E-state index in [1.54, 1.807) is 24.3 Å². The molecule has 4 N–H and O–H groups in total. The molecule has 2 aromatic rings. The van der Waals surface area contributed by atoms with Crippen LogP contribution in [0.15, 0.2) is 60.7 Å². The van der Waals surface area contributed by atoms with Crippen LogP contribution in [0.25, 0.3) is 0 Å². The van der Waals surface area contributed by atoms with Gasteiger partial charge in [0.1, 0.15) is 23.9 Å². The molecule has 138 valence electrons. The van der Waals surface area contributed by atoms with Crippen LogP contribution < -0.4 is 0 Å². The summed E-state index contributed by atoms with van der Waals surface area (Å²) in [5.74, 6) is -0.684. The van der Waals surface area contributed by atoms with Crippen LogP contribution in [0.1, 0.15) is 23.3 Å². The maximum Gasteiger partial charge on any atom is 0.185 e. The second-order valence-corrected chi connectivity index (χ2v) is 6.87. The standard InChI is InChI=1S/C20H22O6/c21-11-14(22)17-20(24)15(12-7-3-1-4-8-12)16(23)18(20)26-19(25-17)13-9-5-2-6-10-13/h1-10,14-19,21-24H,11H2/t14-,15?,16?,17-,18+,19?,20+/m1/s1. The summed E-state index contributed by atoms with van der Waals surface area (Å²) in [5, 5.41) is 41.8. The number of benzene rings is 2. The molecule has 1 saturated carbocycles. The minimum atomic E-state index is -1.64. The Hall–Kier alpha value is -1.80. The number of fused-ring (bicyclic) bond motifs is 1. The summed E-state index contributed by atoms with van der Waals surface area (Å²) >= 11 is 0. The molecule has 4 rings (SSSR count). The molecule has 1 aliphatic heterocycles. The van der Waals surface area contributed by atoms with E-state index < -0.39 is 48.8 Å². The first kappa shape index (κ1) is 17.6. The Morgan fingerprint density at radius 3 is 2.08 bits per heavy atom. The Balaban J connectivity index is 1.70. The lowest BCUT2D eigenvalue weighted by Crippen LogP contribution is -2.78. The number of aliphatic hydroxyl groups is 4. The molecule has 0 aromatic heterocycles. The Morgan fingerprint density at radius 2 is 1.50 bits per heavy atom. The lowest BCUT2D eigenvalue weighted by Gasteiger charge is -2.62. The van der Waals surface area contributed by atoms with E-state index >= 15 is 0 Å². The molecule has 0 spiro atoms. The average molecular weight is 358 g/mol. The average Bonchev–Trinajstić information content (AvgIpc) is 2.68. The van der Waals surface area contributed by atoms with Gasteiger partial charge in [0.2, 0.25) is 0 Å². The van der Waals surface area contributed by atoms with Gasteiger partial charge in [0, 0.05) is 11.5 Å². The normalized spacial score (nSPS) is 37.5. The number of ether oxygens (including phenoxy) is 2. The summed E-state index contributed by atoms with van der Waals surface area (Å²) in [6.07, 6.45) is -5.15. The molecule has 0 amide bonds. The number of hydrogen-bond acceptors (Lipinski definition) is 6. The van der Waals surface area contributed by atoms with Crippen LogP contribution in [0.4, 0.5) is 0 Å². The predicted octanol–water partition coefficient (Wildman–Crippen LogP) is 0.712. The third-order valence-electron chi connectivity index (χ3n) is 5.37. The largest absolute Gasteiger partial charge is 0.394 e. The minimum Gasteiger partial charge on any atom is -0.394 e. The fourth-order valence-electron chi connectivity index (χ4n) is 4.10. The van der Waals surface area contributed by atoms with Crippen molar-refractivity contribution in [3.63, 3.8) is 0 Å². The van der Waals surface area contributed by atoms with E-state index in [1.807, 2.05) is 36.4 Å². The van der Waals surface area contributed by atoms with Crippen LogP contribution in [0.5, 0.6) is 0 Å². The van der Waals surface area contributed by atoms with Crippen molar-refractivity contribution in [2.75, 3.05) is 6.61 Å². The second kappa shape index (κ2) is 6.74. The molecule has 1 heterocycles. The summed E-state index contributed by atoms with van der Waals surface area (Å²) in [6.45, 7) is -0.571. The van der Waals surface area contributed by atoms with Crippen molar-refractivity contribution in [3.05, 3.63) is 71.8 Å². The van der Waals surface area contributed by atoms with Crippen molar-refractivity contribution < 1.29 is 29.9 Å². The van der Waals surface area contributed by atoms with Gasteiger partial charge in [-0.15, -0.1) is 0 Å². The summed E-state index contributed by atoms with van der Waals surface area (Å²) in [5.41, 5.74) is -0.215. The van der Waals surface area contributed by atoms with Crippen molar-refractivity contribution in [2.45, 2.75) is 42.2 Å². The molecule has 6 nitrogen and oxygen atoms in total. The van der Waals surface area contributed by atoms with Gasteiger partial charge in [0.05, 0.1) is 12.7 Å². The summed E-state index contributed by atoms with van der Waals surface area (Å²) < 4.78 is 11.7. The van der Waals surface area contributed by atoms with Gasteiger partial charge in [-0.1, -0.05) is 60.7 Å². The van der Waals surface area contributed by atoms with Gasteiger partial charge in [-0.05, 0) is 5.56 Å². The fraction of sp³-hybridized carbons (Fsp3) is 0.400. The van der Waals surface area contributed by atoms with E-state index in [4.69, 9.17) is 9.47 Å². The quantitative estimate of drug-likeness (QED) is 0.643. The highest BCUT2D eigenvalue weighted by molar-refractivity contribution is 5.35. The van der Waals surface area contributed by atoms with Crippen LogP contribution in [0.3, 0.4) is 0 Å². The molecule has 6 heteroatoms. The molecular formula is C20H22O6. The molecule has 26 heavy (non-hydrogen) atoms. The van der Waals surface area contributed by atoms with Crippen molar-refractivity contribution in [3.8, 4) is 0 Å². The zero-order valence-corrected chi connectivity index (χ0v) is 14.1. The number of rotatable bonds is 4. The molecule has 1 aliphatic carbocycles. The smallest absolute Gasteiger partial charge is 0.185 e. The topological polar surface area (TPSA) is 99.4 Å². The highest BCUT2D eigenvalue weighted by atomic mass is 16.7. The molecule has 2 fully saturated rings. The van der Waals surface area contributed by atoms with Crippen LogP contribution in [-0.4, -0.2) is 57.0 Å². The van der Waals surface area contributed by atoms with Crippen LogP contribution >= 0.6 is 0 Å². The van der Waals surface area contributed by atoms with Crippen LogP contribution in [0, 0.1) is 0 Å². The van der Waals surface area contributed by atoms with Gasteiger partial charge in [0.15, 0.2) is 6.29 Å². The SMILES string of the molecule is OC[C@@H](O)[C@H]1OC(c2ccccc2)O[C@H]2C(O)C(c3ccccc3)[C@]12O. The first-order valence-corrected chi connectivity index (χ1v) is 8.67. The molecule has 0 bridgehead atoms. The van der Waals surface area contributed by atoms with Gasteiger partial charge in [-0.3, -0.25) is 0 Å². The molecule has 0 radical (unpaired) electrons. The highest BCUT2D eigenvalue weighted by Gasteiger charge is 2.70. The van der Waals surface area contributed by atoms with Crippen molar-refractivity contribution >= 4 is 0 Å². The third kappa shape index (κ3) is 2.58. The summed E-state index contributed by atoms with van der Waals surface area (Å²) in [4.78, 5) is 0. The van der Waals surface area contributed by atoms with E-state index in [9.17, 15) is 20.4 Å². The lowest BCUT2D eigenvalue weighted by molar-refractivity contribution is -0.403. The second-order valence-electron chi connectivity index (χ2n) is 6.87. The van der Waals surface area contributed by atoms with Crippen LogP contribution in [-0.2, 0) is 9.47 Å². The molecule has 2 aromatic carbocycles. The Kier molecular flexibility index (Phi) is 4.56. The summed E-state index contributed by atoms with van der Waals surface area (Å²) in [6, 6.07) is 18.2. The maximum atomic E-state index is 11.4. The van der Waals surface area contributed by atoms with E-state index in [2.05, 4.69) is 0 Å². The predicted molar refractivity (Wildman–Crippen MR) is 92.2 cm³/mol. The maximum absolute atomic E-state index is 11.4. The highest BCUT2D eigenvalue weighted by Crippen LogP contribution is 2.55.